The van der Waals surface area contributed by atoms with Gasteiger partial charge in [0, 0.05) is 22.8 Å². The van der Waals surface area contributed by atoms with Crippen molar-refractivity contribution < 1.29 is 17.9 Å². The number of rotatable bonds is 8. The second kappa shape index (κ2) is 9.84. The molecule has 0 saturated carbocycles. The minimum atomic E-state index is -3.69. The normalized spacial score (nSPS) is 11.2. The van der Waals surface area contributed by atoms with Crippen molar-refractivity contribution in [3.8, 4) is 5.75 Å². The van der Waals surface area contributed by atoms with Crippen molar-refractivity contribution >= 4 is 33.4 Å². The van der Waals surface area contributed by atoms with Crippen LogP contribution in [-0.4, -0.2) is 32.5 Å². The fraction of sp³-hybridized carbons (Fsp3) is 0.182. The van der Waals surface area contributed by atoms with Gasteiger partial charge >= 0.3 is 0 Å². The number of pyridine rings is 1. The first-order valence-electron chi connectivity index (χ1n) is 9.48. The van der Waals surface area contributed by atoms with E-state index < -0.39 is 10.0 Å². The Balaban J connectivity index is 1.64. The average molecular weight is 458 g/mol. The van der Waals surface area contributed by atoms with Crippen LogP contribution in [0.4, 0.5) is 5.69 Å². The Labute approximate surface area is 186 Å². The van der Waals surface area contributed by atoms with E-state index in [1.165, 1.54) is 37.2 Å². The molecule has 162 valence electrons. The number of carbonyl (C=O) groups is 1. The summed E-state index contributed by atoms with van der Waals surface area (Å²) in [5, 5.41) is 3.55. The number of ether oxygens (including phenoxy) is 1. The largest absolute Gasteiger partial charge is 0.497 e. The minimum absolute atomic E-state index is 0.0576. The number of benzene rings is 2. The second-order valence-corrected chi connectivity index (χ2v) is 9.70. The Morgan fingerprint density at radius 2 is 1.68 bits per heavy atom. The molecule has 1 amide bonds. The zero-order valence-corrected chi connectivity index (χ0v) is 19.0. The van der Waals surface area contributed by atoms with Crippen LogP contribution in [0.1, 0.15) is 24.2 Å². The maximum atomic E-state index is 12.5. The van der Waals surface area contributed by atoms with Crippen molar-refractivity contribution in [1.29, 1.82) is 0 Å². The van der Waals surface area contributed by atoms with Gasteiger partial charge in [0.15, 0.2) is 0 Å². The summed E-state index contributed by atoms with van der Waals surface area (Å²) in [6.07, 6.45) is 1.54. The Kier molecular flexibility index (Phi) is 7.19. The highest BCUT2D eigenvalue weighted by Crippen LogP contribution is 2.28. The minimum Gasteiger partial charge on any atom is -0.497 e. The first-order valence-corrected chi connectivity index (χ1v) is 11.8. The number of methoxy groups -OCH3 is 1. The third-order valence-electron chi connectivity index (χ3n) is 4.12. The standard InChI is InChI=1S/C22H23N3O4S2/c1-15(2)24-22(26)16-4-13-21(23-14-16)30-19-9-5-17(6-10-19)25-31(27,28)20-11-7-18(29-3)8-12-20/h4-15,25H,1-3H3,(H,24,26). The third-order valence-corrected chi connectivity index (χ3v) is 6.47. The van der Waals surface area contributed by atoms with Crippen molar-refractivity contribution in [3.63, 3.8) is 0 Å². The van der Waals surface area contributed by atoms with E-state index in [0.717, 1.165) is 9.92 Å². The number of nitrogens with zero attached hydrogens (tertiary/aromatic N) is 1. The van der Waals surface area contributed by atoms with Gasteiger partial charge in [-0.3, -0.25) is 9.52 Å². The first-order chi connectivity index (χ1) is 14.8. The van der Waals surface area contributed by atoms with Gasteiger partial charge in [-0.25, -0.2) is 13.4 Å². The molecule has 0 radical (unpaired) electrons. The Morgan fingerprint density at radius 1 is 1.00 bits per heavy atom. The zero-order chi connectivity index (χ0) is 22.4. The summed E-state index contributed by atoms with van der Waals surface area (Å²) in [6, 6.07) is 16.7. The van der Waals surface area contributed by atoms with E-state index in [1.54, 1.807) is 48.5 Å². The van der Waals surface area contributed by atoms with Crippen molar-refractivity contribution in [1.82, 2.24) is 10.3 Å². The molecule has 1 aromatic heterocycles. The summed E-state index contributed by atoms with van der Waals surface area (Å²) in [6.45, 7) is 3.80. The van der Waals surface area contributed by atoms with Crippen LogP contribution < -0.4 is 14.8 Å². The van der Waals surface area contributed by atoms with Crippen LogP contribution in [0.25, 0.3) is 0 Å². The van der Waals surface area contributed by atoms with Crippen LogP contribution in [0, 0.1) is 0 Å². The van der Waals surface area contributed by atoms with Crippen LogP contribution in [0.5, 0.6) is 5.75 Å². The maximum absolute atomic E-state index is 12.5. The van der Waals surface area contributed by atoms with Gasteiger partial charge in [0.2, 0.25) is 0 Å². The highest BCUT2D eigenvalue weighted by atomic mass is 32.2. The second-order valence-electron chi connectivity index (χ2n) is 6.92. The molecule has 0 aliphatic carbocycles. The molecule has 0 fully saturated rings. The molecular formula is C22H23N3O4S2. The van der Waals surface area contributed by atoms with Gasteiger partial charge in [0.25, 0.3) is 15.9 Å². The lowest BCUT2D eigenvalue weighted by atomic mass is 10.2. The molecule has 1 heterocycles. The molecule has 7 nitrogen and oxygen atoms in total. The average Bonchev–Trinajstić information content (AvgIpc) is 2.75. The fourth-order valence-electron chi connectivity index (χ4n) is 2.60. The lowest BCUT2D eigenvalue weighted by Crippen LogP contribution is -2.30. The molecule has 2 N–H and O–H groups in total. The Hall–Kier alpha value is -3.04. The molecule has 3 rings (SSSR count). The van der Waals surface area contributed by atoms with Gasteiger partial charge in [-0.05, 0) is 74.5 Å². The van der Waals surface area contributed by atoms with Gasteiger partial charge in [-0.15, -0.1) is 0 Å². The summed E-state index contributed by atoms with van der Waals surface area (Å²) >= 11 is 1.42. The molecular weight excluding hydrogens is 434 g/mol. The number of anilines is 1. The summed E-state index contributed by atoms with van der Waals surface area (Å²) < 4.78 is 32.7. The lowest BCUT2D eigenvalue weighted by Gasteiger charge is -2.10. The van der Waals surface area contributed by atoms with Crippen molar-refractivity contribution in [2.24, 2.45) is 0 Å². The van der Waals surface area contributed by atoms with Crippen LogP contribution in [-0.2, 0) is 10.0 Å². The van der Waals surface area contributed by atoms with Gasteiger partial charge in [0.05, 0.1) is 17.6 Å². The summed E-state index contributed by atoms with van der Waals surface area (Å²) in [5.41, 5.74) is 0.954. The van der Waals surface area contributed by atoms with E-state index in [4.69, 9.17) is 4.74 Å². The number of sulfonamides is 1. The van der Waals surface area contributed by atoms with Crippen LogP contribution in [0.2, 0.25) is 0 Å². The molecule has 0 saturated heterocycles. The SMILES string of the molecule is COc1ccc(S(=O)(=O)Nc2ccc(Sc3ccc(C(=O)NC(C)C)cn3)cc2)cc1. The molecule has 0 atom stereocenters. The number of hydrogen-bond donors (Lipinski definition) is 2. The van der Waals surface area contributed by atoms with E-state index in [9.17, 15) is 13.2 Å². The zero-order valence-electron chi connectivity index (χ0n) is 17.3. The smallest absolute Gasteiger partial charge is 0.261 e. The quantitative estimate of drug-likeness (QED) is 0.527. The molecule has 0 unspecified atom stereocenters. The molecule has 9 heteroatoms. The number of hydrogen-bond acceptors (Lipinski definition) is 6. The molecule has 0 aliphatic rings. The molecule has 2 aromatic carbocycles. The highest BCUT2D eigenvalue weighted by molar-refractivity contribution is 7.99. The van der Waals surface area contributed by atoms with Crippen LogP contribution in [0.3, 0.4) is 0 Å². The van der Waals surface area contributed by atoms with E-state index in [-0.39, 0.29) is 16.8 Å². The van der Waals surface area contributed by atoms with E-state index in [1.807, 2.05) is 13.8 Å². The van der Waals surface area contributed by atoms with Gasteiger partial charge < -0.3 is 10.1 Å². The molecule has 0 spiro atoms. The van der Waals surface area contributed by atoms with E-state index >= 15 is 0 Å². The summed E-state index contributed by atoms with van der Waals surface area (Å²) in [5.74, 6) is 0.426. The first kappa shape index (κ1) is 22.6. The number of aromatic nitrogens is 1. The van der Waals surface area contributed by atoms with Gasteiger partial charge in [-0.1, -0.05) is 11.8 Å². The maximum Gasteiger partial charge on any atom is 0.261 e. The van der Waals surface area contributed by atoms with Crippen molar-refractivity contribution in [2.45, 2.75) is 34.7 Å². The van der Waals surface area contributed by atoms with E-state index in [0.29, 0.717) is 17.0 Å². The predicted octanol–water partition coefficient (Wildman–Crippen LogP) is 4.18. The molecule has 0 aliphatic heterocycles. The van der Waals surface area contributed by atoms with Crippen molar-refractivity contribution in [2.75, 3.05) is 11.8 Å². The van der Waals surface area contributed by atoms with Crippen LogP contribution in [0.15, 0.2) is 81.7 Å². The number of amides is 1. The summed E-state index contributed by atoms with van der Waals surface area (Å²) in [4.78, 5) is 17.3. The van der Waals surface area contributed by atoms with Gasteiger partial charge in [0.1, 0.15) is 10.8 Å². The highest BCUT2D eigenvalue weighted by Gasteiger charge is 2.14. The number of nitrogens with one attached hydrogen (secondary N) is 2. The van der Waals surface area contributed by atoms with Crippen LogP contribution >= 0.6 is 11.8 Å². The molecule has 31 heavy (non-hydrogen) atoms. The summed E-state index contributed by atoms with van der Waals surface area (Å²) in [7, 11) is -2.17. The Bertz CT molecular complexity index is 1130. The lowest BCUT2D eigenvalue weighted by molar-refractivity contribution is 0.0942. The van der Waals surface area contributed by atoms with E-state index in [2.05, 4.69) is 15.0 Å². The number of carbonyl (C=O) groups excluding carboxylic acids is 1. The fourth-order valence-corrected chi connectivity index (χ4v) is 4.41. The third kappa shape index (κ3) is 6.22. The topological polar surface area (TPSA) is 97.4 Å². The van der Waals surface area contributed by atoms with Gasteiger partial charge in [-0.2, -0.15) is 0 Å². The molecule has 3 aromatic rings. The Morgan fingerprint density at radius 3 is 2.23 bits per heavy atom. The van der Waals surface area contributed by atoms with Crippen molar-refractivity contribution in [3.05, 3.63) is 72.4 Å². The monoisotopic (exact) mass is 457 g/mol. The molecule has 0 bridgehead atoms. The predicted molar refractivity (Wildman–Crippen MR) is 121 cm³/mol.